The van der Waals surface area contributed by atoms with E-state index in [9.17, 15) is 0 Å². The lowest BCUT2D eigenvalue weighted by molar-refractivity contribution is 0.287. The van der Waals surface area contributed by atoms with Crippen molar-refractivity contribution in [3.8, 4) is 0 Å². The quantitative estimate of drug-likeness (QED) is 0.787. The van der Waals surface area contributed by atoms with Crippen LogP contribution < -0.4 is 5.32 Å². The number of rotatable bonds is 4. The summed E-state index contributed by atoms with van der Waals surface area (Å²) in [7, 11) is 2.07. The summed E-state index contributed by atoms with van der Waals surface area (Å²) in [6, 6.07) is 0. The number of likely N-dealkylation sites (tertiary alicyclic amines) is 1. The molecule has 2 aliphatic rings. The lowest BCUT2D eigenvalue weighted by Gasteiger charge is -2.17. The highest BCUT2D eigenvalue weighted by atomic mass is 15.2. The van der Waals surface area contributed by atoms with Crippen LogP contribution in [0.1, 0.15) is 34.1 Å². The molecule has 0 radical (unpaired) electrons. The minimum Gasteiger partial charge on any atom is -0.319 e. The second-order valence-electron chi connectivity index (χ2n) is 6.97. The summed E-state index contributed by atoms with van der Waals surface area (Å²) in [6.07, 6.45) is 1.38. The maximum Gasteiger partial charge on any atom is 0.00224 e. The van der Waals surface area contributed by atoms with Crippen LogP contribution in [0.3, 0.4) is 0 Å². The van der Waals surface area contributed by atoms with Crippen molar-refractivity contribution in [2.45, 2.75) is 34.1 Å². The normalized spacial score (nSPS) is 33.2. The highest BCUT2D eigenvalue weighted by Crippen LogP contribution is 2.68. The maximum absolute atomic E-state index is 3.30. The number of nitrogens with zero attached hydrogens (tertiary/aromatic N) is 1. The van der Waals surface area contributed by atoms with Gasteiger partial charge in [-0.05, 0) is 49.2 Å². The Morgan fingerprint density at radius 2 is 1.81 bits per heavy atom. The Morgan fingerprint density at radius 1 is 1.19 bits per heavy atom. The third kappa shape index (κ3) is 1.91. The molecule has 0 bridgehead atoms. The van der Waals surface area contributed by atoms with Gasteiger partial charge < -0.3 is 10.2 Å². The average Bonchev–Trinajstić information content (AvgIpc) is 2.58. The standard InChI is InChI=1S/C14H28N2/c1-13(2)12(14(13,3)4)10-16-7-6-11(9-16)8-15-5/h11-12,15H,6-10H2,1-5H3. The second kappa shape index (κ2) is 3.99. The van der Waals surface area contributed by atoms with Gasteiger partial charge in [-0.25, -0.2) is 0 Å². The van der Waals surface area contributed by atoms with Gasteiger partial charge in [0.05, 0.1) is 0 Å². The fraction of sp³-hybridized carbons (Fsp3) is 1.00. The molecule has 1 saturated heterocycles. The number of hydrogen-bond donors (Lipinski definition) is 1. The van der Waals surface area contributed by atoms with Gasteiger partial charge >= 0.3 is 0 Å². The van der Waals surface area contributed by atoms with Gasteiger partial charge in [0.1, 0.15) is 0 Å². The predicted octanol–water partition coefficient (Wildman–Crippen LogP) is 2.21. The summed E-state index contributed by atoms with van der Waals surface area (Å²) in [5.74, 6) is 1.78. The van der Waals surface area contributed by atoms with Crippen molar-refractivity contribution in [1.82, 2.24) is 10.2 Å². The Labute approximate surface area is 101 Å². The van der Waals surface area contributed by atoms with E-state index < -0.39 is 0 Å². The zero-order chi connectivity index (χ0) is 12.0. The molecule has 1 atom stereocenters. The zero-order valence-corrected chi connectivity index (χ0v) is 11.6. The van der Waals surface area contributed by atoms with Gasteiger partial charge in [0, 0.05) is 13.1 Å². The molecule has 94 valence electrons. The number of hydrogen-bond acceptors (Lipinski definition) is 2. The van der Waals surface area contributed by atoms with E-state index >= 15 is 0 Å². The summed E-state index contributed by atoms with van der Waals surface area (Å²) < 4.78 is 0. The molecular weight excluding hydrogens is 196 g/mol. The topological polar surface area (TPSA) is 15.3 Å². The van der Waals surface area contributed by atoms with Crippen molar-refractivity contribution in [1.29, 1.82) is 0 Å². The van der Waals surface area contributed by atoms with Crippen molar-refractivity contribution in [2.75, 3.05) is 33.2 Å². The largest absolute Gasteiger partial charge is 0.319 e. The Bertz CT molecular complexity index is 243. The number of nitrogens with one attached hydrogen (secondary N) is 1. The first kappa shape index (κ1) is 12.4. The second-order valence-corrected chi connectivity index (χ2v) is 6.97. The van der Waals surface area contributed by atoms with Gasteiger partial charge in [0.2, 0.25) is 0 Å². The molecule has 2 fully saturated rings. The first-order chi connectivity index (χ1) is 7.39. The fourth-order valence-electron chi connectivity index (χ4n) is 3.58. The molecule has 2 rings (SSSR count). The van der Waals surface area contributed by atoms with Crippen LogP contribution in [0.4, 0.5) is 0 Å². The van der Waals surface area contributed by atoms with Crippen LogP contribution in [0.2, 0.25) is 0 Å². The van der Waals surface area contributed by atoms with Crippen LogP contribution in [0.15, 0.2) is 0 Å². The minimum atomic E-state index is 0.550. The summed E-state index contributed by atoms with van der Waals surface area (Å²) in [4.78, 5) is 2.68. The molecule has 2 nitrogen and oxygen atoms in total. The van der Waals surface area contributed by atoms with E-state index in [4.69, 9.17) is 0 Å². The molecule has 1 unspecified atom stereocenters. The molecule has 1 aliphatic heterocycles. The Balaban J connectivity index is 1.81. The molecule has 2 heteroatoms. The van der Waals surface area contributed by atoms with Crippen molar-refractivity contribution in [3.05, 3.63) is 0 Å². The molecule has 16 heavy (non-hydrogen) atoms. The lowest BCUT2D eigenvalue weighted by atomic mass is 10.0. The van der Waals surface area contributed by atoms with Gasteiger partial charge in [-0.15, -0.1) is 0 Å². The van der Waals surface area contributed by atoms with Gasteiger partial charge in [-0.3, -0.25) is 0 Å². The van der Waals surface area contributed by atoms with E-state index in [1.54, 1.807) is 0 Å². The smallest absolute Gasteiger partial charge is 0.00224 e. The van der Waals surface area contributed by atoms with E-state index in [-0.39, 0.29) is 0 Å². The van der Waals surface area contributed by atoms with E-state index in [2.05, 4.69) is 45.0 Å². The van der Waals surface area contributed by atoms with Crippen molar-refractivity contribution in [2.24, 2.45) is 22.7 Å². The minimum absolute atomic E-state index is 0.550. The molecule has 0 aromatic rings. The molecule has 1 aliphatic carbocycles. The highest BCUT2D eigenvalue weighted by Gasteiger charge is 2.64. The van der Waals surface area contributed by atoms with E-state index in [1.165, 1.54) is 32.6 Å². The summed E-state index contributed by atoms with van der Waals surface area (Å²) >= 11 is 0. The molecule has 0 aromatic carbocycles. The first-order valence-corrected chi connectivity index (χ1v) is 6.76. The van der Waals surface area contributed by atoms with Crippen LogP contribution >= 0.6 is 0 Å². The third-order valence-corrected chi connectivity index (χ3v) is 5.62. The van der Waals surface area contributed by atoms with E-state index in [1.807, 2.05) is 0 Å². The molecule has 1 heterocycles. The van der Waals surface area contributed by atoms with Crippen LogP contribution in [-0.4, -0.2) is 38.1 Å². The predicted molar refractivity (Wildman–Crippen MR) is 69.5 cm³/mol. The van der Waals surface area contributed by atoms with Crippen molar-refractivity contribution < 1.29 is 0 Å². The monoisotopic (exact) mass is 224 g/mol. The van der Waals surface area contributed by atoms with Gasteiger partial charge in [-0.1, -0.05) is 27.7 Å². The maximum atomic E-state index is 3.30. The third-order valence-electron chi connectivity index (χ3n) is 5.62. The Kier molecular flexibility index (Phi) is 3.09. The molecule has 0 amide bonds. The molecule has 1 saturated carbocycles. The van der Waals surface area contributed by atoms with Gasteiger partial charge in [0.25, 0.3) is 0 Å². The van der Waals surface area contributed by atoms with Crippen molar-refractivity contribution >= 4 is 0 Å². The molecule has 1 N–H and O–H groups in total. The average molecular weight is 224 g/mol. The van der Waals surface area contributed by atoms with E-state index in [0.717, 1.165) is 11.8 Å². The van der Waals surface area contributed by atoms with Crippen LogP contribution in [0.25, 0.3) is 0 Å². The summed E-state index contributed by atoms with van der Waals surface area (Å²) in [6.45, 7) is 14.8. The fourth-order valence-corrected chi connectivity index (χ4v) is 3.58. The molecular formula is C14H28N2. The Hall–Kier alpha value is -0.0800. The highest BCUT2D eigenvalue weighted by molar-refractivity contribution is 5.13. The van der Waals surface area contributed by atoms with Crippen LogP contribution in [-0.2, 0) is 0 Å². The molecule has 0 aromatic heterocycles. The molecule has 0 spiro atoms. The zero-order valence-electron chi connectivity index (χ0n) is 11.6. The van der Waals surface area contributed by atoms with Gasteiger partial charge in [0.15, 0.2) is 0 Å². The van der Waals surface area contributed by atoms with Crippen molar-refractivity contribution in [3.63, 3.8) is 0 Å². The first-order valence-electron chi connectivity index (χ1n) is 6.76. The Morgan fingerprint density at radius 3 is 2.31 bits per heavy atom. The summed E-state index contributed by atoms with van der Waals surface area (Å²) in [5.41, 5.74) is 1.10. The van der Waals surface area contributed by atoms with Crippen LogP contribution in [0, 0.1) is 22.7 Å². The van der Waals surface area contributed by atoms with Crippen LogP contribution in [0.5, 0.6) is 0 Å². The lowest BCUT2D eigenvalue weighted by Crippen LogP contribution is -2.27. The van der Waals surface area contributed by atoms with Gasteiger partial charge in [-0.2, -0.15) is 0 Å². The van der Waals surface area contributed by atoms with E-state index in [0.29, 0.717) is 10.8 Å². The summed E-state index contributed by atoms with van der Waals surface area (Å²) in [5, 5.41) is 3.30. The SMILES string of the molecule is CNCC1CCN(CC2C(C)(C)C2(C)C)C1.